The SMILES string of the molecule is CC(C)(C)C(=O)OC/C=C/c1ccc(O[C@@H]2O[C@H](C(=O)O)[C@@H](O)[C@H](O)[C@H]2O)c(NC(=O)CCNC(=O)CN2C(=O)C=CC2O)c1. The van der Waals surface area contributed by atoms with E-state index in [4.69, 9.17) is 14.2 Å². The molecule has 3 amide bonds. The minimum absolute atomic E-state index is 0.0281. The van der Waals surface area contributed by atoms with Crippen molar-refractivity contribution >= 4 is 41.4 Å². The topological polar surface area (TPSA) is 241 Å². The molecule has 246 valence electrons. The predicted molar refractivity (Wildman–Crippen MR) is 154 cm³/mol. The summed E-state index contributed by atoms with van der Waals surface area (Å²) < 4.78 is 16.0. The third-order valence-corrected chi connectivity index (χ3v) is 6.57. The van der Waals surface area contributed by atoms with Gasteiger partial charge in [-0.3, -0.25) is 19.2 Å². The third-order valence-electron chi connectivity index (χ3n) is 6.57. The lowest BCUT2D eigenvalue weighted by molar-refractivity contribution is -0.271. The molecule has 2 aliphatic heterocycles. The molecule has 0 aliphatic carbocycles. The average molecular weight is 636 g/mol. The van der Waals surface area contributed by atoms with Crippen LogP contribution in [0.2, 0.25) is 0 Å². The van der Waals surface area contributed by atoms with Crippen LogP contribution in [-0.2, 0) is 33.4 Å². The summed E-state index contributed by atoms with van der Waals surface area (Å²) in [5.74, 6) is -3.87. The van der Waals surface area contributed by atoms with Gasteiger partial charge in [-0.1, -0.05) is 12.1 Å². The van der Waals surface area contributed by atoms with E-state index in [0.717, 1.165) is 11.0 Å². The normalized spacial score (nSPS) is 24.9. The molecule has 0 aromatic heterocycles. The molecule has 1 unspecified atom stereocenters. The monoisotopic (exact) mass is 635 g/mol. The van der Waals surface area contributed by atoms with E-state index >= 15 is 0 Å². The second-order valence-electron chi connectivity index (χ2n) is 11.2. The molecule has 2 aliphatic rings. The number of aliphatic hydroxyl groups excluding tert-OH is 4. The van der Waals surface area contributed by atoms with Crippen LogP contribution >= 0.6 is 0 Å². The van der Waals surface area contributed by atoms with Crippen LogP contribution in [0.3, 0.4) is 0 Å². The maximum atomic E-state index is 12.8. The molecule has 1 saturated heterocycles. The minimum atomic E-state index is -1.94. The van der Waals surface area contributed by atoms with Crippen LogP contribution in [0.1, 0.15) is 32.8 Å². The molecule has 0 radical (unpaired) electrons. The van der Waals surface area contributed by atoms with E-state index in [1.807, 2.05) is 0 Å². The van der Waals surface area contributed by atoms with Crippen molar-refractivity contribution in [3.63, 3.8) is 0 Å². The number of esters is 1. The summed E-state index contributed by atoms with van der Waals surface area (Å²) in [6.07, 6.45) is -5.34. The zero-order valence-corrected chi connectivity index (χ0v) is 24.8. The molecule has 6 atom stereocenters. The van der Waals surface area contributed by atoms with Gasteiger partial charge in [0.25, 0.3) is 0 Å². The lowest BCUT2D eigenvalue weighted by Crippen LogP contribution is -2.61. The van der Waals surface area contributed by atoms with Crippen molar-refractivity contribution in [2.75, 3.05) is 25.0 Å². The Kier molecular flexibility index (Phi) is 11.8. The highest BCUT2D eigenvalue weighted by Crippen LogP contribution is 2.31. The van der Waals surface area contributed by atoms with Crippen LogP contribution in [0.15, 0.2) is 36.4 Å². The summed E-state index contributed by atoms with van der Waals surface area (Å²) in [4.78, 5) is 61.0. The van der Waals surface area contributed by atoms with E-state index in [1.54, 1.807) is 32.9 Å². The highest BCUT2D eigenvalue weighted by Gasteiger charge is 2.48. The number of amides is 3. The van der Waals surface area contributed by atoms with Gasteiger partial charge in [-0.05, 0) is 50.6 Å². The van der Waals surface area contributed by atoms with Gasteiger partial charge < -0.3 is 55.3 Å². The Morgan fingerprint density at radius 1 is 1.04 bits per heavy atom. The number of hydrogen-bond donors (Lipinski definition) is 7. The van der Waals surface area contributed by atoms with Crippen LogP contribution < -0.4 is 15.4 Å². The number of nitrogens with zero attached hydrogens (tertiary/aromatic N) is 1. The van der Waals surface area contributed by atoms with Gasteiger partial charge >= 0.3 is 11.9 Å². The lowest BCUT2D eigenvalue weighted by Gasteiger charge is -2.38. The van der Waals surface area contributed by atoms with Crippen molar-refractivity contribution in [1.82, 2.24) is 10.2 Å². The third kappa shape index (κ3) is 9.57. The average Bonchev–Trinajstić information content (AvgIpc) is 3.27. The molecule has 16 heteroatoms. The molecular formula is C29H37N3O13. The van der Waals surface area contributed by atoms with Crippen LogP contribution in [0, 0.1) is 5.41 Å². The summed E-state index contributed by atoms with van der Waals surface area (Å²) in [5.41, 5.74) is -0.160. The molecule has 16 nitrogen and oxygen atoms in total. The maximum absolute atomic E-state index is 12.8. The van der Waals surface area contributed by atoms with Gasteiger partial charge in [-0.2, -0.15) is 0 Å². The zero-order chi connectivity index (χ0) is 33.5. The Morgan fingerprint density at radius 2 is 1.76 bits per heavy atom. The maximum Gasteiger partial charge on any atom is 0.335 e. The zero-order valence-electron chi connectivity index (χ0n) is 24.8. The number of rotatable bonds is 12. The lowest BCUT2D eigenvalue weighted by atomic mass is 9.97. The van der Waals surface area contributed by atoms with E-state index < -0.39 is 78.6 Å². The molecule has 1 aromatic carbocycles. The largest absolute Gasteiger partial charge is 0.479 e. The second kappa shape index (κ2) is 15.1. The van der Waals surface area contributed by atoms with Gasteiger partial charge in [-0.25, -0.2) is 4.79 Å². The minimum Gasteiger partial charge on any atom is -0.479 e. The van der Waals surface area contributed by atoms with Gasteiger partial charge in [0.05, 0.1) is 11.1 Å². The second-order valence-corrected chi connectivity index (χ2v) is 11.2. The number of benzene rings is 1. The van der Waals surface area contributed by atoms with Crippen molar-refractivity contribution in [2.45, 2.75) is 64.1 Å². The molecular weight excluding hydrogens is 598 g/mol. The number of aliphatic carboxylic acids is 1. The molecule has 0 saturated carbocycles. The molecule has 0 spiro atoms. The van der Waals surface area contributed by atoms with Crippen molar-refractivity contribution in [1.29, 1.82) is 0 Å². The number of anilines is 1. The van der Waals surface area contributed by atoms with Crippen LogP contribution in [0.25, 0.3) is 6.08 Å². The quantitative estimate of drug-likeness (QED) is 0.133. The highest BCUT2D eigenvalue weighted by atomic mass is 16.7. The first-order valence-electron chi connectivity index (χ1n) is 13.9. The molecule has 3 rings (SSSR count). The fourth-order valence-corrected chi connectivity index (χ4v) is 4.06. The first kappa shape index (κ1) is 35.1. The van der Waals surface area contributed by atoms with E-state index in [-0.39, 0.29) is 31.0 Å². The number of ether oxygens (including phenoxy) is 3. The number of carboxylic acid groups (broad SMARTS) is 1. The first-order valence-corrected chi connectivity index (χ1v) is 13.9. The first-order chi connectivity index (χ1) is 21.1. The summed E-state index contributed by atoms with van der Waals surface area (Å²) >= 11 is 0. The molecule has 1 fully saturated rings. The van der Waals surface area contributed by atoms with Crippen molar-refractivity contribution in [3.8, 4) is 5.75 Å². The fourth-order valence-electron chi connectivity index (χ4n) is 4.06. The van der Waals surface area contributed by atoms with Crippen LogP contribution in [0.4, 0.5) is 5.69 Å². The summed E-state index contributed by atoms with van der Waals surface area (Å²) in [6.45, 7) is 4.53. The van der Waals surface area contributed by atoms with Gasteiger partial charge in [-0.15, -0.1) is 0 Å². The van der Waals surface area contributed by atoms with Crippen LogP contribution in [-0.4, -0.2) is 117 Å². The van der Waals surface area contributed by atoms with E-state index in [9.17, 15) is 49.5 Å². The summed E-state index contributed by atoms with van der Waals surface area (Å²) in [6, 6.07) is 4.36. The number of nitrogens with one attached hydrogen (secondary N) is 2. The number of aliphatic hydroxyl groups is 4. The Morgan fingerprint density at radius 3 is 2.38 bits per heavy atom. The molecule has 0 bridgehead atoms. The highest BCUT2D eigenvalue weighted by molar-refractivity contribution is 5.94. The van der Waals surface area contributed by atoms with Crippen molar-refractivity contribution in [3.05, 3.63) is 42.0 Å². The van der Waals surface area contributed by atoms with Gasteiger partial charge in [0.15, 0.2) is 6.10 Å². The van der Waals surface area contributed by atoms with Crippen molar-refractivity contribution in [2.24, 2.45) is 5.41 Å². The molecule has 7 N–H and O–H groups in total. The Balaban J connectivity index is 1.71. The number of hydrogen-bond acceptors (Lipinski definition) is 12. The Labute approximate surface area is 257 Å². The number of carbonyl (C=O) groups excluding carboxylic acids is 4. The fraction of sp³-hybridized carbons (Fsp3) is 0.483. The standard InChI is InChI=1S/C29H37N3O13/c1-29(2,3)28(42)43-12-4-5-15-6-7-17(44-27-24(39)22(37)23(38)25(45-27)26(40)41)16(13-15)31-18(33)10-11-30-19(34)14-32-20(35)8-9-21(32)36/h4-9,13,20,22-25,27,35,37-39H,10-12,14H2,1-3H3,(H,30,34)(H,31,33)(H,40,41)/b5-4+/t20?,22-,23-,24+,25-,27+/m0/s1. The van der Waals surface area contributed by atoms with E-state index in [0.29, 0.717) is 5.56 Å². The predicted octanol–water partition coefficient (Wildman–Crippen LogP) is -1.28. The Bertz CT molecular complexity index is 1340. The molecule has 45 heavy (non-hydrogen) atoms. The number of carbonyl (C=O) groups is 5. The van der Waals surface area contributed by atoms with Crippen LogP contribution in [0.5, 0.6) is 5.75 Å². The van der Waals surface area contributed by atoms with E-state index in [1.165, 1.54) is 24.3 Å². The summed E-state index contributed by atoms with van der Waals surface area (Å²) in [5, 5.41) is 54.5. The smallest absolute Gasteiger partial charge is 0.335 e. The Hall–Kier alpha value is -4.35. The molecule has 1 aromatic rings. The van der Waals surface area contributed by atoms with Gasteiger partial charge in [0.1, 0.15) is 43.4 Å². The molecule has 2 heterocycles. The van der Waals surface area contributed by atoms with Crippen molar-refractivity contribution < 1.29 is 63.7 Å². The van der Waals surface area contributed by atoms with E-state index in [2.05, 4.69) is 10.6 Å². The van der Waals surface area contributed by atoms with Gasteiger partial charge in [0.2, 0.25) is 24.0 Å². The number of carboxylic acids is 1. The van der Waals surface area contributed by atoms with Gasteiger partial charge in [0, 0.05) is 19.0 Å². The summed E-state index contributed by atoms with van der Waals surface area (Å²) in [7, 11) is 0.